The molecule has 1 aliphatic rings. The third-order valence-electron chi connectivity index (χ3n) is 5.45. The average molecular weight is 403 g/mol. The van der Waals surface area contributed by atoms with Crippen LogP contribution in [0.4, 0.5) is 5.95 Å². The summed E-state index contributed by atoms with van der Waals surface area (Å²) < 4.78 is 6.42. The van der Waals surface area contributed by atoms with Crippen molar-refractivity contribution in [1.82, 2.24) is 19.5 Å². The minimum Gasteiger partial charge on any atom is -0.393 e. The van der Waals surface area contributed by atoms with Crippen LogP contribution in [0, 0.1) is 0 Å². The molecule has 3 atom stereocenters. The van der Waals surface area contributed by atoms with Crippen molar-refractivity contribution in [3.63, 3.8) is 0 Å². The first-order chi connectivity index (χ1) is 13.2. The molecule has 1 saturated heterocycles. The number of imidazole rings is 1. The van der Waals surface area contributed by atoms with Crippen molar-refractivity contribution < 1.29 is 40.5 Å². The monoisotopic (exact) mass is 403 g/mol. The Bertz CT molecular complexity index is 943. The van der Waals surface area contributed by atoms with Crippen LogP contribution in [-0.2, 0) is 10.5 Å². The van der Waals surface area contributed by atoms with Crippen molar-refractivity contribution in [2.24, 2.45) is 0 Å². The van der Waals surface area contributed by atoms with Gasteiger partial charge in [-0.3, -0.25) is 14.3 Å². The quantitative estimate of drug-likeness (QED) is 0.219. The van der Waals surface area contributed by atoms with E-state index in [2.05, 4.69) is 15.0 Å². The lowest BCUT2D eigenvalue weighted by Crippen LogP contribution is -2.72. The van der Waals surface area contributed by atoms with Gasteiger partial charge < -0.3 is 46.2 Å². The molecule has 0 saturated carbocycles. The second-order valence-electron chi connectivity index (χ2n) is 6.63. The number of anilines is 1. The fourth-order valence-corrected chi connectivity index (χ4v) is 3.78. The van der Waals surface area contributed by atoms with Gasteiger partial charge in [-0.15, -0.1) is 0 Å². The number of aliphatic hydroxyl groups is 7. The third kappa shape index (κ3) is 2.10. The SMILES string of the molecule is Nc1nc2c(ncn2[C@]2(CO)OC(CO)(CO)[C@](O)(CO)[C@]2(O)CO)c(=O)[nH]1. The highest BCUT2D eigenvalue weighted by Gasteiger charge is 2.79. The van der Waals surface area contributed by atoms with Gasteiger partial charge in [0.15, 0.2) is 28.0 Å². The van der Waals surface area contributed by atoms with E-state index < -0.39 is 61.1 Å². The summed E-state index contributed by atoms with van der Waals surface area (Å²) in [7, 11) is 0. The Kier molecular flexibility index (Phi) is 4.72. The van der Waals surface area contributed by atoms with E-state index in [1.807, 2.05) is 0 Å². The topological polar surface area (TPSA) is 240 Å². The summed E-state index contributed by atoms with van der Waals surface area (Å²) in [6.07, 6.45) is 0.922. The Morgan fingerprint density at radius 1 is 1.04 bits per heavy atom. The van der Waals surface area contributed by atoms with E-state index in [1.165, 1.54) is 0 Å². The molecule has 14 nitrogen and oxygen atoms in total. The summed E-state index contributed by atoms with van der Waals surface area (Å²) in [6, 6.07) is 0. The fraction of sp³-hybridized carbons (Fsp3) is 0.643. The number of rotatable bonds is 6. The minimum atomic E-state index is -2.90. The highest BCUT2D eigenvalue weighted by atomic mass is 16.6. The zero-order chi connectivity index (χ0) is 21.0. The highest BCUT2D eigenvalue weighted by molar-refractivity contribution is 5.71. The van der Waals surface area contributed by atoms with Gasteiger partial charge in [-0.25, -0.2) is 4.98 Å². The summed E-state index contributed by atoms with van der Waals surface area (Å²) in [4.78, 5) is 21.9. The Balaban J connectivity index is 2.41. The number of hydrogen-bond acceptors (Lipinski definition) is 12. The number of fused-ring (bicyclic) bond motifs is 1. The fourth-order valence-electron chi connectivity index (χ4n) is 3.78. The number of nitrogens with two attached hydrogens (primary N) is 1. The van der Waals surface area contributed by atoms with Crippen LogP contribution in [0.5, 0.6) is 0 Å². The molecule has 1 aliphatic heterocycles. The maximum absolute atomic E-state index is 12.0. The maximum atomic E-state index is 12.0. The van der Waals surface area contributed by atoms with Crippen molar-refractivity contribution in [2.45, 2.75) is 22.5 Å². The number of hydrogen-bond donors (Lipinski definition) is 9. The molecule has 0 radical (unpaired) electrons. The Hall–Kier alpha value is -2.17. The van der Waals surface area contributed by atoms with Crippen molar-refractivity contribution in [3.8, 4) is 0 Å². The lowest BCUT2D eigenvalue weighted by atomic mass is 9.70. The highest BCUT2D eigenvalue weighted by Crippen LogP contribution is 2.54. The van der Waals surface area contributed by atoms with Crippen molar-refractivity contribution >= 4 is 17.1 Å². The smallest absolute Gasteiger partial charge is 0.280 e. The van der Waals surface area contributed by atoms with Gasteiger partial charge >= 0.3 is 0 Å². The minimum absolute atomic E-state index is 0.274. The van der Waals surface area contributed by atoms with Gasteiger partial charge in [0.2, 0.25) is 11.7 Å². The Morgan fingerprint density at radius 3 is 2.14 bits per heavy atom. The molecule has 3 rings (SSSR count). The molecule has 0 bridgehead atoms. The van der Waals surface area contributed by atoms with Gasteiger partial charge in [0.1, 0.15) is 0 Å². The van der Waals surface area contributed by atoms with Crippen LogP contribution in [0.3, 0.4) is 0 Å². The van der Waals surface area contributed by atoms with Gasteiger partial charge in [0.05, 0.1) is 39.4 Å². The van der Waals surface area contributed by atoms with Crippen LogP contribution < -0.4 is 11.3 Å². The molecule has 2 aromatic rings. The second-order valence-corrected chi connectivity index (χ2v) is 6.63. The van der Waals surface area contributed by atoms with E-state index in [0.717, 1.165) is 10.9 Å². The van der Waals surface area contributed by atoms with Crippen molar-refractivity contribution in [3.05, 3.63) is 16.7 Å². The molecular weight excluding hydrogens is 382 g/mol. The van der Waals surface area contributed by atoms with Crippen LogP contribution in [0.25, 0.3) is 11.2 Å². The van der Waals surface area contributed by atoms with E-state index in [-0.39, 0.29) is 17.1 Å². The van der Waals surface area contributed by atoms with E-state index in [9.17, 15) is 40.5 Å². The molecule has 0 spiro atoms. The number of ether oxygens (including phenoxy) is 1. The van der Waals surface area contributed by atoms with E-state index in [4.69, 9.17) is 10.5 Å². The van der Waals surface area contributed by atoms with E-state index in [0.29, 0.717) is 0 Å². The molecular formula is C14H21N5O9. The van der Waals surface area contributed by atoms with Crippen LogP contribution >= 0.6 is 0 Å². The zero-order valence-corrected chi connectivity index (χ0v) is 14.5. The summed E-state index contributed by atoms with van der Waals surface area (Å²) in [6.45, 7) is -5.98. The molecule has 156 valence electrons. The zero-order valence-electron chi connectivity index (χ0n) is 14.5. The van der Waals surface area contributed by atoms with Crippen LogP contribution in [0.1, 0.15) is 0 Å². The van der Waals surface area contributed by atoms with E-state index in [1.54, 1.807) is 0 Å². The number of nitrogens with one attached hydrogen (secondary N) is 1. The predicted octanol–water partition coefficient (Wildman–Crippen LogP) is -5.45. The van der Waals surface area contributed by atoms with Crippen LogP contribution in [-0.4, -0.2) is 105 Å². The molecule has 0 aliphatic carbocycles. The molecule has 28 heavy (non-hydrogen) atoms. The second kappa shape index (κ2) is 6.43. The number of aromatic nitrogens is 4. The molecule has 3 heterocycles. The molecule has 0 unspecified atom stereocenters. The van der Waals surface area contributed by atoms with Crippen molar-refractivity contribution in [1.29, 1.82) is 0 Å². The predicted molar refractivity (Wildman–Crippen MR) is 89.7 cm³/mol. The van der Waals surface area contributed by atoms with Gasteiger partial charge in [-0.05, 0) is 0 Å². The molecule has 10 N–H and O–H groups in total. The first kappa shape index (κ1) is 20.6. The molecule has 14 heteroatoms. The average Bonchev–Trinajstić information content (AvgIpc) is 3.18. The lowest BCUT2D eigenvalue weighted by molar-refractivity contribution is -0.245. The molecule has 0 amide bonds. The van der Waals surface area contributed by atoms with Gasteiger partial charge in [-0.1, -0.05) is 0 Å². The van der Waals surface area contributed by atoms with Gasteiger partial charge in [0.25, 0.3) is 5.56 Å². The van der Waals surface area contributed by atoms with Gasteiger partial charge in [-0.2, -0.15) is 4.98 Å². The maximum Gasteiger partial charge on any atom is 0.280 e. The molecule has 2 aromatic heterocycles. The summed E-state index contributed by atoms with van der Waals surface area (Å²) >= 11 is 0. The van der Waals surface area contributed by atoms with Crippen LogP contribution in [0.15, 0.2) is 11.1 Å². The first-order valence-electron chi connectivity index (χ1n) is 8.08. The largest absolute Gasteiger partial charge is 0.393 e. The number of aliphatic hydroxyl groups excluding tert-OH is 5. The Morgan fingerprint density at radius 2 is 1.64 bits per heavy atom. The summed E-state index contributed by atoms with van der Waals surface area (Å²) in [5.74, 6) is -0.342. The summed E-state index contributed by atoms with van der Waals surface area (Å²) in [5.41, 5.74) is -6.52. The van der Waals surface area contributed by atoms with Crippen LogP contribution in [0.2, 0.25) is 0 Å². The number of aromatic amines is 1. The lowest BCUT2D eigenvalue weighted by Gasteiger charge is -2.45. The third-order valence-corrected chi connectivity index (χ3v) is 5.45. The van der Waals surface area contributed by atoms with E-state index >= 15 is 0 Å². The summed E-state index contributed by atoms with van der Waals surface area (Å²) in [5, 5.41) is 71.7. The normalized spacial score (nSPS) is 32.2. The standard InChI is InChI=1S/C14H21N5O9/c15-10-17-8-7(9(25)18-10)16-6-19(8)14(5-24)13(27,4-23)12(26,3-22)11(1-20,2-21)28-14/h6,20-24,26-27H,1-5H2,(H3,15,17,18,25)/t12-,13-,14-/m1/s1. The molecule has 1 fully saturated rings. The molecule has 0 aromatic carbocycles. The van der Waals surface area contributed by atoms with Gasteiger partial charge in [0, 0.05) is 0 Å². The first-order valence-corrected chi connectivity index (χ1v) is 8.08. The number of H-pyrrole nitrogens is 1. The number of nitrogens with zero attached hydrogens (tertiary/aromatic N) is 3. The Labute approximate surface area is 156 Å². The number of nitrogen functional groups attached to an aromatic ring is 1. The van der Waals surface area contributed by atoms with Crippen molar-refractivity contribution in [2.75, 3.05) is 38.8 Å².